The Morgan fingerprint density at radius 2 is 1.87 bits per heavy atom. The van der Waals surface area contributed by atoms with Crippen molar-refractivity contribution in [2.24, 2.45) is 0 Å². The van der Waals surface area contributed by atoms with Crippen molar-refractivity contribution in [3.05, 3.63) is 75.4 Å². The van der Waals surface area contributed by atoms with E-state index in [2.05, 4.69) is 15.4 Å². The molecule has 0 spiro atoms. The third-order valence-corrected chi connectivity index (χ3v) is 5.13. The molecule has 0 saturated heterocycles. The maximum absolute atomic E-state index is 12.8. The molecular formula is C22H20ClN5O3. The predicted octanol–water partition coefficient (Wildman–Crippen LogP) is 3.48. The zero-order valence-corrected chi connectivity index (χ0v) is 18.0. The molecule has 1 amide bonds. The van der Waals surface area contributed by atoms with Gasteiger partial charge in [-0.2, -0.15) is 0 Å². The molecule has 0 saturated carbocycles. The first-order valence-electron chi connectivity index (χ1n) is 9.53. The molecule has 0 aliphatic heterocycles. The van der Waals surface area contributed by atoms with Gasteiger partial charge in [-0.1, -0.05) is 17.7 Å². The average Bonchev–Trinajstić information content (AvgIpc) is 3.05. The Morgan fingerprint density at radius 1 is 1.13 bits per heavy atom. The summed E-state index contributed by atoms with van der Waals surface area (Å²) in [6.07, 6.45) is 0. The summed E-state index contributed by atoms with van der Waals surface area (Å²) in [5.41, 5.74) is 2.96. The standard InChI is InChI=1S/C22H20ClN5O3/c1-13-4-9-18(17(23)10-13)25-21(29)12-27-22(30)28-14(2)24-19(11-20(28)26-27)15-5-7-16(31-3)8-6-15/h4-11H,12H2,1-3H3,(H,25,29). The Labute approximate surface area is 183 Å². The minimum atomic E-state index is -0.438. The molecule has 2 heterocycles. The van der Waals surface area contributed by atoms with Crippen LogP contribution < -0.4 is 15.7 Å². The van der Waals surface area contributed by atoms with Gasteiger partial charge in [-0.15, -0.1) is 5.10 Å². The van der Waals surface area contributed by atoms with Gasteiger partial charge in [-0.05, 0) is 55.8 Å². The van der Waals surface area contributed by atoms with Crippen molar-refractivity contribution in [3.63, 3.8) is 0 Å². The molecule has 158 valence electrons. The lowest BCUT2D eigenvalue weighted by molar-refractivity contribution is -0.117. The predicted molar refractivity (Wildman–Crippen MR) is 119 cm³/mol. The fraction of sp³-hybridized carbons (Fsp3) is 0.182. The van der Waals surface area contributed by atoms with Crippen LogP contribution in [0.2, 0.25) is 5.02 Å². The van der Waals surface area contributed by atoms with Gasteiger partial charge in [0.1, 0.15) is 18.1 Å². The lowest BCUT2D eigenvalue weighted by atomic mass is 10.1. The first-order chi connectivity index (χ1) is 14.9. The normalized spacial score (nSPS) is 11.0. The number of aryl methyl sites for hydroxylation is 2. The van der Waals surface area contributed by atoms with E-state index in [1.165, 1.54) is 4.40 Å². The number of hydrogen-bond acceptors (Lipinski definition) is 5. The SMILES string of the molecule is COc1ccc(-c2cc3nn(CC(=O)Nc4ccc(C)cc4Cl)c(=O)n3c(C)n2)cc1. The minimum Gasteiger partial charge on any atom is -0.497 e. The number of anilines is 1. The van der Waals surface area contributed by atoms with Crippen molar-refractivity contribution in [2.45, 2.75) is 20.4 Å². The number of nitrogens with one attached hydrogen (secondary N) is 1. The second kappa shape index (κ2) is 8.23. The van der Waals surface area contributed by atoms with Gasteiger partial charge >= 0.3 is 5.69 Å². The van der Waals surface area contributed by atoms with Crippen LogP contribution in [0.1, 0.15) is 11.4 Å². The number of carbonyl (C=O) groups is 1. The van der Waals surface area contributed by atoms with Crippen LogP contribution in [0.15, 0.2) is 53.3 Å². The second-order valence-electron chi connectivity index (χ2n) is 7.08. The Balaban J connectivity index is 1.63. The maximum Gasteiger partial charge on any atom is 0.352 e. The molecule has 0 aliphatic carbocycles. The van der Waals surface area contributed by atoms with E-state index in [0.29, 0.717) is 27.9 Å². The first-order valence-corrected chi connectivity index (χ1v) is 9.91. The Bertz CT molecular complexity index is 1340. The van der Waals surface area contributed by atoms with Crippen molar-refractivity contribution >= 4 is 28.8 Å². The zero-order chi connectivity index (χ0) is 22.1. The number of halogens is 1. The van der Waals surface area contributed by atoms with Crippen molar-refractivity contribution < 1.29 is 9.53 Å². The number of carbonyl (C=O) groups excluding carboxylic acids is 1. The van der Waals surface area contributed by atoms with Gasteiger partial charge < -0.3 is 10.1 Å². The molecular weight excluding hydrogens is 418 g/mol. The van der Waals surface area contributed by atoms with E-state index in [-0.39, 0.29) is 6.54 Å². The van der Waals surface area contributed by atoms with Gasteiger partial charge in [0.2, 0.25) is 5.91 Å². The molecule has 2 aromatic carbocycles. The summed E-state index contributed by atoms with van der Waals surface area (Å²) in [5.74, 6) is 0.806. The van der Waals surface area contributed by atoms with E-state index in [4.69, 9.17) is 16.3 Å². The number of nitrogens with zero attached hydrogens (tertiary/aromatic N) is 4. The average molecular weight is 438 g/mol. The molecule has 4 aromatic rings. The number of aromatic nitrogens is 4. The number of hydrogen-bond donors (Lipinski definition) is 1. The highest BCUT2D eigenvalue weighted by molar-refractivity contribution is 6.33. The van der Waals surface area contributed by atoms with E-state index >= 15 is 0 Å². The quantitative estimate of drug-likeness (QED) is 0.516. The fourth-order valence-corrected chi connectivity index (χ4v) is 3.54. The molecule has 0 aliphatic rings. The Morgan fingerprint density at radius 3 is 2.55 bits per heavy atom. The molecule has 1 N–H and O–H groups in total. The van der Waals surface area contributed by atoms with E-state index in [1.807, 2.05) is 37.3 Å². The van der Waals surface area contributed by atoms with Gasteiger partial charge in [0.25, 0.3) is 0 Å². The number of amides is 1. The molecule has 2 aromatic heterocycles. The highest BCUT2D eigenvalue weighted by atomic mass is 35.5. The van der Waals surface area contributed by atoms with Gasteiger partial charge in [-0.3, -0.25) is 4.79 Å². The molecule has 0 atom stereocenters. The van der Waals surface area contributed by atoms with E-state index in [9.17, 15) is 9.59 Å². The van der Waals surface area contributed by atoms with Crippen LogP contribution in [0.3, 0.4) is 0 Å². The maximum atomic E-state index is 12.8. The third-order valence-electron chi connectivity index (χ3n) is 4.81. The first kappa shape index (κ1) is 20.6. The molecule has 31 heavy (non-hydrogen) atoms. The molecule has 9 heteroatoms. The Hall–Kier alpha value is -3.65. The van der Waals surface area contributed by atoms with Crippen LogP contribution >= 0.6 is 11.6 Å². The summed E-state index contributed by atoms with van der Waals surface area (Å²) in [6.45, 7) is 3.38. The van der Waals surface area contributed by atoms with Crippen LogP contribution in [0.25, 0.3) is 16.9 Å². The second-order valence-corrected chi connectivity index (χ2v) is 7.49. The van der Waals surface area contributed by atoms with Crippen LogP contribution in [-0.2, 0) is 11.3 Å². The molecule has 0 bridgehead atoms. The molecule has 4 rings (SSSR count). The van der Waals surface area contributed by atoms with Crippen molar-refractivity contribution in [2.75, 3.05) is 12.4 Å². The summed E-state index contributed by atoms with van der Waals surface area (Å²) >= 11 is 6.17. The van der Waals surface area contributed by atoms with E-state index in [1.54, 1.807) is 32.2 Å². The monoisotopic (exact) mass is 437 g/mol. The summed E-state index contributed by atoms with van der Waals surface area (Å²) in [7, 11) is 1.60. The smallest absolute Gasteiger partial charge is 0.352 e. The minimum absolute atomic E-state index is 0.248. The molecule has 0 unspecified atom stereocenters. The van der Waals surface area contributed by atoms with Gasteiger partial charge in [-0.25, -0.2) is 18.9 Å². The van der Waals surface area contributed by atoms with Crippen LogP contribution in [0.4, 0.5) is 5.69 Å². The number of fused-ring (bicyclic) bond motifs is 1. The van der Waals surface area contributed by atoms with Gasteiger partial charge in [0.05, 0.1) is 23.5 Å². The fourth-order valence-electron chi connectivity index (χ4n) is 3.26. The van der Waals surface area contributed by atoms with Crippen molar-refractivity contribution in [1.29, 1.82) is 0 Å². The van der Waals surface area contributed by atoms with Crippen LogP contribution in [0.5, 0.6) is 5.75 Å². The van der Waals surface area contributed by atoms with Gasteiger partial charge in [0, 0.05) is 11.6 Å². The highest BCUT2D eigenvalue weighted by Crippen LogP contribution is 2.23. The van der Waals surface area contributed by atoms with Crippen LogP contribution in [0, 0.1) is 13.8 Å². The number of benzene rings is 2. The lowest BCUT2D eigenvalue weighted by Crippen LogP contribution is -2.29. The number of ether oxygens (including phenoxy) is 1. The number of rotatable bonds is 5. The summed E-state index contributed by atoms with van der Waals surface area (Å²) < 4.78 is 7.67. The van der Waals surface area contributed by atoms with E-state index < -0.39 is 11.6 Å². The summed E-state index contributed by atoms with van der Waals surface area (Å²) in [4.78, 5) is 29.8. The van der Waals surface area contributed by atoms with Crippen molar-refractivity contribution in [3.8, 4) is 17.0 Å². The third kappa shape index (κ3) is 4.15. The zero-order valence-electron chi connectivity index (χ0n) is 17.2. The highest BCUT2D eigenvalue weighted by Gasteiger charge is 2.15. The number of methoxy groups -OCH3 is 1. The van der Waals surface area contributed by atoms with Crippen LogP contribution in [-0.4, -0.2) is 32.2 Å². The molecule has 8 nitrogen and oxygen atoms in total. The topological polar surface area (TPSA) is 90.5 Å². The van der Waals surface area contributed by atoms with Crippen molar-refractivity contribution in [1.82, 2.24) is 19.2 Å². The molecule has 0 radical (unpaired) electrons. The summed E-state index contributed by atoms with van der Waals surface area (Å²) in [5, 5.41) is 7.46. The summed E-state index contributed by atoms with van der Waals surface area (Å²) in [6, 6.07) is 14.5. The largest absolute Gasteiger partial charge is 0.497 e. The molecule has 0 fully saturated rings. The Kier molecular flexibility index (Phi) is 5.48. The lowest BCUT2D eigenvalue weighted by Gasteiger charge is -2.07. The van der Waals surface area contributed by atoms with Gasteiger partial charge in [0.15, 0.2) is 5.65 Å². The van der Waals surface area contributed by atoms with E-state index in [0.717, 1.165) is 21.6 Å².